The third-order valence-corrected chi connectivity index (χ3v) is 15.0. The minimum atomic E-state index is -1.88. The Hall–Kier alpha value is -0.426. The highest BCUT2D eigenvalue weighted by atomic mass is 28.4. The second kappa shape index (κ2) is 12.1. The predicted molar refractivity (Wildman–Crippen MR) is 121 cm³/mol. The molecule has 26 heavy (non-hydrogen) atoms. The van der Waals surface area contributed by atoms with Crippen molar-refractivity contribution < 1.29 is 8.85 Å². The van der Waals surface area contributed by atoms with Gasteiger partial charge in [0.05, 0.1) is 0 Å². The third-order valence-electron chi connectivity index (χ3n) is 5.37. The Labute approximate surface area is 165 Å². The summed E-state index contributed by atoms with van der Waals surface area (Å²) in [6, 6.07) is 14.4. The Bertz CT molecular complexity index is 429. The van der Waals surface area contributed by atoms with Crippen molar-refractivity contribution in [3.63, 3.8) is 0 Å². The van der Waals surface area contributed by atoms with Crippen molar-refractivity contribution in [3.8, 4) is 0 Å². The number of hydrogen-bond donors (Lipinski definition) is 0. The Balaban J connectivity index is 3.42. The molecule has 0 spiro atoms. The zero-order valence-electron chi connectivity index (χ0n) is 18.2. The molecule has 1 aromatic carbocycles. The fraction of sp³-hybridized carbons (Fsp3) is 0.727. The highest BCUT2D eigenvalue weighted by molar-refractivity contribution is 6.89. The number of hydrogen-bond acceptors (Lipinski definition) is 2. The van der Waals surface area contributed by atoms with Crippen LogP contribution >= 0.6 is 0 Å². The van der Waals surface area contributed by atoms with Crippen molar-refractivity contribution in [1.82, 2.24) is 0 Å². The van der Waals surface area contributed by atoms with Crippen LogP contribution in [-0.2, 0) is 8.85 Å². The first kappa shape index (κ1) is 23.6. The van der Waals surface area contributed by atoms with Crippen LogP contribution in [0.3, 0.4) is 0 Å². The lowest BCUT2D eigenvalue weighted by Crippen LogP contribution is -2.56. The van der Waals surface area contributed by atoms with E-state index in [1.54, 1.807) is 0 Å². The maximum Gasteiger partial charge on any atom is 0.224 e. The average molecular weight is 395 g/mol. The molecule has 0 heterocycles. The summed E-state index contributed by atoms with van der Waals surface area (Å²) in [7, 11) is -3.77. The molecule has 0 aliphatic heterocycles. The van der Waals surface area contributed by atoms with E-state index in [1.165, 1.54) is 60.2 Å². The van der Waals surface area contributed by atoms with Gasteiger partial charge in [0.25, 0.3) is 0 Å². The molecule has 2 nitrogen and oxygen atoms in total. The molecule has 0 unspecified atom stereocenters. The van der Waals surface area contributed by atoms with Crippen LogP contribution in [0.1, 0.15) is 67.2 Å². The molecule has 0 bridgehead atoms. The molecule has 0 N–H and O–H groups in total. The molecule has 0 aromatic heterocycles. The van der Waals surface area contributed by atoms with Gasteiger partial charge in [0.15, 0.2) is 0 Å². The van der Waals surface area contributed by atoms with Crippen molar-refractivity contribution in [1.29, 1.82) is 0 Å². The molecule has 0 fully saturated rings. The molecular formula is C22H42O2Si2. The monoisotopic (exact) mass is 394 g/mol. The fourth-order valence-electron chi connectivity index (χ4n) is 4.54. The minimum absolute atomic E-state index is 0.828. The summed E-state index contributed by atoms with van der Waals surface area (Å²) in [5.74, 6) is 0. The van der Waals surface area contributed by atoms with Gasteiger partial charge in [-0.1, -0.05) is 77.6 Å². The average Bonchev–Trinajstić information content (AvgIpc) is 2.63. The first-order valence-corrected chi connectivity index (χ1v) is 15.6. The van der Waals surface area contributed by atoms with Gasteiger partial charge < -0.3 is 8.85 Å². The maximum absolute atomic E-state index is 6.56. The Morgan fingerprint density at radius 1 is 0.615 bits per heavy atom. The molecule has 4 heteroatoms. The highest BCUT2D eigenvalue weighted by Crippen LogP contribution is 2.24. The van der Waals surface area contributed by atoms with E-state index < -0.39 is 16.6 Å². The second-order valence-corrected chi connectivity index (χ2v) is 15.1. The zero-order valence-corrected chi connectivity index (χ0v) is 20.2. The Morgan fingerprint density at radius 3 is 1.23 bits per heavy atom. The second-order valence-electron chi connectivity index (χ2n) is 7.44. The summed E-state index contributed by atoms with van der Waals surface area (Å²) < 4.78 is 13.1. The van der Waals surface area contributed by atoms with Gasteiger partial charge in [-0.25, -0.2) is 0 Å². The van der Waals surface area contributed by atoms with E-state index in [1.807, 2.05) is 0 Å². The molecule has 0 aliphatic rings. The Morgan fingerprint density at radius 2 is 0.962 bits per heavy atom. The van der Waals surface area contributed by atoms with Crippen molar-refractivity contribution >= 4 is 27.0 Å². The van der Waals surface area contributed by atoms with Crippen LogP contribution in [0, 0.1) is 0 Å². The lowest BCUT2D eigenvalue weighted by Gasteiger charge is -2.35. The smallest absolute Gasteiger partial charge is 0.224 e. The van der Waals surface area contributed by atoms with Crippen LogP contribution in [0.5, 0.6) is 0 Å². The molecule has 0 atom stereocenters. The van der Waals surface area contributed by atoms with Crippen molar-refractivity contribution in [2.24, 2.45) is 0 Å². The summed E-state index contributed by atoms with van der Waals surface area (Å²) in [4.78, 5) is 0. The van der Waals surface area contributed by atoms with Gasteiger partial charge in [-0.3, -0.25) is 0 Å². The van der Waals surface area contributed by atoms with Crippen molar-refractivity contribution in [3.05, 3.63) is 24.3 Å². The standard InChI is InChI=1S/C22H42O2Si2/c1-7-16-25(17-8-2,23-11-5)21-14-13-15-22(20-21)26(18-9-3,19-10-4)24-12-6/h13-15,20H,7-12,16-19H2,1-6H3. The van der Waals surface area contributed by atoms with Crippen LogP contribution in [-0.4, -0.2) is 29.8 Å². The zero-order chi connectivity index (χ0) is 19.5. The molecular weight excluding hydrogens is 352 g/mol. The molecule has 0 amide bonds. The highest BCUT2D eigenvalue weighted by Gasteiger charge is 2.39. The van der Waals surface area contributed by atoms with Crippen LogP contribution in [0.4, 0.5) is 0 Å². The molecule has 0 radical (unpaired) electrons. The van der Waals surface area contributed by atoms with Crippen LogP contribution < -0.4 is 10.4 Å². The van der Waals surface area contributed by atoms with Gasteiger partial charge in [0.2, 0.25) is 16.6 Å². The predicted octanol–water partition coefficient (Wildman–Crippen LogP) is 5.70. The summed E-state index contributed by atoms with van der Waals surface area (Å²) in [5, 5.41) is 3.01. The van der Waals surface area contributed by atoms with E-state index in [0.29, 0.717) is 0 Å². The molecule has 1 aromatic rings. The van der Waals surface area contributed by atoms with Crippen LogP contribution in [0.15, 0.2) is 24.3 Å². The third kappa shape index (κ3) is 5.78. The maximum atomic E-state index is 6.56. The van der Waals surface area contributed by atoms with Gasteiger partial charge in [-0.15, -0.1) is 0 Å². The van der Waals surface area contributed by atoms with Crippen molar-refractivity contribution in [2.75, 3.05) is 13.2 Å². The summed E-state index contributed by atoms with van der Waals surface area (Å²) >= 11 is 0. The van der Waals surface area contributed by atoms with E-state index in [0.717, 1.165) is 13.2 Å². The van der Waals surface area contributed by atoms with Gasteiger partial charge in [0.1, 0.15) is 0 Å². The minimum Gasteiger partial charge on any atom is -0.413 e. The molecule has 1 rings (SSSR count). The SMILES string of the molecule is CCC[Si](CCC)(OCC)c1cccc([Si](CCC)(CCC)OCC)c1. The first-order chi connectivity index (χ1) is 12.6. The summed E-state index contributed by atoms with van der Waals surface area (Å²) in [5.41, 5.74) is 0. The lowest BCUT2D eigenvalue weighted by atomic mass is 10.4. The summed E-state index contributed by atoms with van der Waals surface area (Å²) in [6.45, 7) is 15.2. The first-order valence-electron chi connectivity index (χ1n) is 11.0. The van der Waals surface area contributed by atoms with Crippen molar-refractivity contribution in [2.45, 2.75) is 91.4 Å². The fourth-order valence-corrected chi connectivity index (χ4v) is 13.2. The molecule has 0 saturated carbocycles. The van der Waals surface area contributed by atoms with Crippen LogP contribution in [0.2, 0.25) is 24.2 Å². The number of rotatable bonds is 14. The van der Waals surface area contributed by atoms with E-state index >= 15 is 0 Å². The van der Waals surface area contributed by atoms with E-state index in [-0.39, 0.29) is 0 Å². The number of benzene rings is 1. The lowest BCUT2D eigenvalue weighted by molar-refractivity contribution is 0.327. The van der Waals surface area contributed by atoms with Gasteiger partial charge in [0, 0.05) is 13.2 Å². The van der Waals surface area contributed by atoms with Gasteiger partial charge in [-0.05, 0) is 48.4 Å². The Kier molecular flexibility index (Phi) is 11.0. The normalized spacial score (nSPS) is 12.5. The van der Waals surface area contributed by atoms with Gasteiger partial charge in [-0.2, -0.15) is 0 Å². The van der Waals surface area contributed by atoms with E-state index in [4.69, 9.17) is 8.85 Å². The quantitative estimate of drug-likeness (QED) is 0.377. The molecule has 150 valence electrons. The molecule has 0 saturated heterocycles. The van der Waals surface area contributed by atoms with Gasteiger partial charge >= 0.3 is 0 Å². The largest absolute Gasteiger partial charge is 0.413 e. The molecule has 0 aliphatic carbocycles. The topological polar surface area (TPSA) is 18.5 Å². The summed E-state index contributed by atoms with van der Waals surface area (Å²) in [6.07, 6.45) is 4.81. The van der Waals surface area contributed by atoms with E-state index in [9.17, 15) is 0 Å². The van der Waals surface area contributed by atoms with E-state index in [2.05, 4.69) is 65.8 Å². The van der Waals surface area contributed by atoms with Crippen LogP contribution in [0.25, 0.3) is 0 Å².